The Bertz CT molecular complexity index is 80.9. The van der Waals surface area contributed by atoms with Crippen LogP contribution >= 0.6 is 29.5 Å². The standard InChI is InChI=1S/C4H3S.2ClH.Mg/c1-2-4-5-3-1;;;/h1,3-4H;2*1H;/q;;;+2/p-2. The molecule has 0 bridgehead atoms. The van der Waals surface area contributed by atoms with Crippen LogP contribution in [0.5, 0.6) is 0 Å². The Morgan fingerprint density at radius 3 is 2.25 bits per heavy atom. The number of hydrogen-bond donors (Lipinski definition) is 0. The fourth-order valence-corrected chi connectivity index (χ4v) is 0.589. The molecule has 1 radical (unpaired) electrons. The minimum absolute atomic E-state index is 0.639. The fraction of sp³-hybridized carbons (Fsp3) is 0. The first-order chi connectivity index (χ1) is 3.91. The third kappa shape index (κ3) is 7.05. The van der Waals surface area contributed by atoms with Gasteiger partial charge in [0.25, 0.3) is 0 Å². The largest absolute Gasteiger partial charge is 0.618 e. The van der Waals surface area contributed by atoms with Crippen molar-refractivity contribution in [1.82, 2.24) is 0 Å². The van der Waals surface area contributed by atoms with Crippen LogP contribution in [0, 0.1) is 6.07 Å². The van der Waals surface area contributed by atoms with E-state index in [1.54, 1.807) is 11.3 Å². The molecule has 0 nitrogen and oxygen atoms in total. The lowest BCUT2D eigenvalue weighted by atomic mass is 10.7. The predicted octanol–water partition coefficient (Wildman–Crippen LogP) is 2.55. The van der Waals surface area contributed by atoms with E-state index in [2.05, 4.69) is 6.07 Å². The average molecular weight is 178 g/mol. The van der Waals surface area contributed by atoms with Gasteiger partial charge in [-0.2, -0.15) is 11.3 Å². The summed E-state index contributed by atoms with van der Waals surface area (Å²) in [5, 5.41) is 3.90. The molecule has 0 saturated heterocycles. The van der Waals surface area contributed by atoms with Gasteiger partial charge in [0.15, 0.2) is 0 Å². The second-order valence-corrected chi connectivity index (χ2v) is 4.23. The molecule has 0 amide bonds. The molecule has 0 saturated carbocycles. The Labute approximate surface area is 70.1 Å². The first kappa shape index (κ1) is 9.05. The van der Waals surface area contributed by atoms with Gasteiger partial charge in [0.2, 0.25) is 0 Å². The van der Waals surface area contributed by atoms with Gasteiger partial charge in [-0.05, 0) is 22.9 Å². The van der Waals surface area contributed by atoms with Crippen molar-refractivity contribution in [3.63, 3.8) is 0 Å². The van der Waals surface area contributed by atoms with Crippen molar-refractivity contribution in [1.29, 1.82) is 0 Å². The Kier molecular flexibility index (Phi) is 9.10. The molecule has 1 heterocycles. The zero-order valence-corrected chi connectivity index (χ0v) is 7.85. The normalized spacial score (nSPS) is 6.25. The van der Waals surface area contributed by atoms with Gasteiger partial charge in [-0.1, -0.05) is 0 Å². The molecule has 41 valence electrons. The van der Waals surface area contributed by atoms with E-state index in [9.17, 15) is 0 Å². The van der Waals surface area contributed by atoms with E-state index in [4.69, 9.17) is 18.1 Å². The zero-order valence-electron chi connectivity index (χ0n) is 4.10. The minimum atomic E-state index is -0.639. The van der Waals surface area contributed by atoms with Crippen molar-refractivity contribution in [2.45, 2.75) is 0 Å². The van der Waals surface area contributed by atoms with Crippen molar-refractivity contribution in [2.75, 3.05) is 0 Å². The second kappa shape index (κ2) is 8.05. The maximum absolute atomic E-state index is 4.90. The molecule has 0 atom stereocenters. The molecule has 0 aromatic carbocycles. The SMILES string of the molecule is [Cl][Mg][Cl].[c]1ccsc1. The average Bonchev–Trinajstić information content (AvgIpc) is 2.17. The van der Waals surface area contributed by atoms with Crippen LogP contribution in [-0.4, -0.2) is 18.2 Å². The fourth-order valence-electron chi connectivity index (χ4n) is 0.196. The first-order valence-corrected chi connectivity index (χ1v) is 7.14. The van der Waals surface area contributed by atoms with Gasteiger partial charge in [0.05, 0.1) is 0 Å². The summed E-state index contributed by atoms with van der Waals surface area (Å²) in [4.78, 5) is 0. The van der Waals surface area contributed by atoms with Crippen LogP contribution in [-0.2, 0) is 0 Å². The van der Waals surface area contributed by atoms with E-state index < -0.39 is 18.2 Å². The van der Waals surface area contributed by atoms with E-state index in [-0.39, 0.29) is 0 Å². The Morgan fingerprint density at radius 1 is 1.50 bits per heavy atom. The molecule has 0 N–H and O–H groups in total. The minimum Gasteiger partial charge on any atom is -0.309 e. The molecular weight excluding hydrogens is 175 g/mol. The number of hydrogen-bond acceptors (Lipinski definition) is 1. The van der Waals surface area contributed by atoms with Gasteiger partial charge in [0, 0.05) is 0 Å². The molecule has 1 aromatic heterocycles. The third-order valence-corrected chi connectivity index (χ3v) is 0.944. The molecule has 1 aromatic rings. The lowest BCUT2D eigenvalue weighted by Gasteiger charge is -1.39. The highest BCUT2D eigenvalue weighted by atomic mass is 35.6. The molecule has 0 fully saturated rings. The zero-order chi connectivity index (χ0) is 6.24. The van der Waals surface area contributed by atoms with Gasteiger partial charge in [-0.3, -0.25) is 0 Å². The highest BCUT2D eigenvalue weighted by Crippen LogP contribution is 1.90. The van der Waals surface area contributed by atoms with Crippen LogP contribution in [0.1, 0.15) is 0 Å². The van der Waals surface area contributed by atoms with Crippen LogP contribution in [0.2, 0.25) is 0 Å². The predicted molar refractivity (Wildman–Crippen MR) is 40.6 cm³/mol. The maximum Gasteiger partial charge on any atom is 0.618 e. The summed E-state index contributed by atoms with van der Waals surface area (Å²) in [5.74, 6) is 0. The molecule has 0 aliphatic carbocycles. The Morgan fingerprint density at radius 2 is 2.12 bits per heavy atom. The molecule has 4 heteroatoms. The van der Waals surface area contributed by atoms with Gasteiger partial charge >= 0.3 is 18.2 Å². The van der Waals surface area contributed by atoms with Crippen LogP contribution < -0.4 is 0 Å². The summed E-state index contributed by atoms with van der Waals surface area (Å²) in [7, 11) is 9.81. The van der Waals surface area contributed by atoms with E-state index in [0.717, 1.165) is 0 Å². The molecule has 1 rings (SSSR count). The molecule has 8 heavy (non-hydrogen) atoms. The van der Waals surface area contributed by atoms with E-state index in [1.807, 2.05) is 16.8 Å². The van der Waals surface area contributed by atoms with Crippen molar-refractivity contribution in [2.24, 2.45) is 0 Å². The first-order valence-electron chi connectivity index (χ1n) is 1.92. The topological polar surface area (TPSA) is 0 Å². The monoisotopic (exact) mass is 177 g/mol. The van der Waals surface area contributed by atoms with E-state index >= 15 is 0 Å². The van der Waals surface area contributed by atoms with E-state index in [1.165, 1.54) is 0 Å². The van der Waals surface area contributed by atoms with Crippen LogP contribution in [0.25, 0.3) is 0 Å². The third-order valence-electron chi connectivity index (χ3n) is 0.379. The maximum atomic E-state index is 4.90. The Hall–Kier alpha value is 1.05. The summed E-state index contributed by atoms with van der Waals surface area (Å²) in [6, 6.07) is 4.77. The van der Waals surface area contributed by atoms with Gasteiger partial charge < -0.3 is 18.1 Å². The van der Waals surface area contributed by atoms with Crippen molar-refractivity contribution in [3.05, 3.63) is 22.9 Å². The lowest BCUT2D eigenvalue weighted by molar-refractivity contribution is 1.99. The van der Waals surface area contributed by atoms with Crippen LogP contribution in [0.4, 0.5) is 0 Å². The number of halogens is 2. The highest BCUT2D eigenvalue weighted by molar-refractivity contribution is 7.22. The summed E-state index contributed by atoms with van der Waals surface area (Å²) < 4.78 is 0. The van der Waals surface area contributed by atoms with Gasteiger partial charge in [0.1, 0.15) is 0 Å². The lowest BCUT2D eigenvalue weighted by Crippen LogP contribution is -1.36. The highest BCUT2D eigenvalue weighted by Gasteiger charge is 1.64. The number of rotatable bonds is 0. The van der Waals surface area contributed by atoms with Crippen LogP contribution in [0.3, 0.4) is 0 Å². The van der Waals surface area contributed by atoms with Gasteiger partial charge in [-0.15, -0.1) is 0 Å². The summed E-state index contributed by atoms with van der Waals surface area (Å²) in [6.07, 6.45) is 0. The smallest absolute Gasteiger partial charge is 0.309 e. The number of thiophene rings is 1. The second-order valence-electron chi connectivity index (χ2n) is 0.824. The van der Waals surface area contributed by atoms with Crippen molar-refractivity contribution >= 4 is 47.6 Å². The Balaban J connectivity index is 0.000000145. The molecule has 0 aliphatic heterocycles. The summed E-state index contributed by atoms with van der Waals surface area (Å²) in [5.41, 5.74) is 0. The van der Waals surface area contributed by atoms with Crippen molar-refractivity contribution < 1.29 is 0 Å². The summed E-state index contributed by atoms with van der Waals surface area (Å²) in [6.45, 7) is 0. The molecule has 0 unspecified atom stereocenters. The summed E-state index contributed by atoms with van der Waals surface area (Å²) >= 11 is 1.02. The molecule has 0 aliphatic rings. The van der Waals surface area contributed by atoms with Crippen LogP contribution in [0.15, 0.2) is 16.8 Å². The van der Waals surface area contributed by atoms with E-state index in [0.29, 0.717) is 0 Å². The van der Waals surface area contributed by atoms with Crippen molar-refractivity contribution in [3.8, 4) is 0 Å². The molecular formula is C4H3Cl2MgS. The molecule has 0 spiro atoms. The quantitative estimate of drug-likeness (QED) is 0.536. The van der Waals surface area contributed by atoms with Gasteiger partial charge in [-0.25, -0.2) is 0 Å².